The molecule has 1 aromatic rings. The van der Waals surface area contributed by atoms with E-state index < -0.39 is 0 Å². The van der Waals surface area contributed by atoms with Crippen LogP contribution in [0.5, 0.6) is 0 Å². The largest absolute Gasteiger partial charge is 1.00 e. The molecule has 16 heavy (non-hydrogen) atoms. The van der Waals surface area contributed by atoms with E-state index in [-0.39, 0.29) is 18.2 Å². The second-order valence-electron chi connectivity index (χ2n) is 3.14. The van der Waals surface area contributed by atoms with Crippen molar-refractivity contribution in [2.45, 2.75) is 0 Å². The lowest BCUT2D eigenvalue weighted by molar-refractivity contribution is -0.258. The Balaban J connectivity index is 0.00000225. The topological polar surface area (TPSA) is 30.9 Å². The molecule has 0 radical (unpaired) electrons. The van der Waals surface area contributed by atoms with Gasteiger partial charge in [0.25, 0.3) is 0 Å². The Morgan fingerprint density at radius 1 is 1.19 bits per heavy atom. The summed E-state index contributed by atoms with van der Waals surface area (Å²) < 4.78 is 13.3. The molecule has 3 N–H and O–H groups in total. The molecular weight excluding hydrogens is 273 g/mol. The molecular formula is C10H14Cl3FN2. The van der Waals surface area contributed by atoms with Gasteiger partial charge >= 0.3 is 0 Å². The third-order valence-corrected chi connectivity index (χ3v) is 2.45. The number of hydrogen-bond donors (Lipinski definition) is 1. The van der Waals surface area contributed by atoms with Crippen molar-refractivity contribution in [2.75, 3.05) is 29.7 Å². The van der Waals surface area contributed by atoms with Crippen LogP contribution in [0.15, 0.2) is 18.2 Å². The monoisotopic (exact) mass is 286 g/mol. The van der Waals surface area contributed by atoms with Crippen LogP contribution >= 0.6 is 23.2 Å². The van der Waals surface area contributed by atoms with Crippen molar-refractivity contribution in [1.29, 1.82) is 0 Å². The van der Waals surface area contributed by atoms with Crippen LogP contribution in [0.2, 0.25) is 0 Å². The number of alkyl halides is 2. The van der Waals surface area contributed by atoms with Gasteiger partial charge in [-0.3, -0.25) is 0 Å². The number of halogens is 4. The SMILES string of the molecule is [Cl-].[NH3+]c1ccc(N(CCCl)CCCl)cc1F. The maximum atomic E-state index is 13.3. The molecule has 0 heterocycles. The van der Waals surface area contributed by atoms with Gasteiger partial charge in [-0.1, -0.05) is 0 Å². The van der Waals surface area contributed by atoms with Crippen LogP contribution in [0.25, 0.3) is 0 Å². The van der Waals surface area contributed by atoms with Crippen molar-refractivity contribution in [3.05, 3.63) is 24.0 Å². The molecule has 6 heteroatoms. The zero-order chi connectivity index (χ0) is 11.3. The Morgan fingerprint density at radius 3 is 2.19 bits per heavy atom. The lowest BCUT2D eigenvalue weighted by atomic mass is 10.2. The predicted octanol–water partition coefficient (Wildman–Crippen LogP) is -1.01. The summed E-state index contributed by atoms with van der Waals surface area (Å²) in [6.45, 7) is 1.31. The number of nitrogens with zero attached hydrogens (tertiary/aromatic N) is 1. The van der Waals surface area contributed by atoms with Gasteiger partial charge in [0.15, 0.2) is 11.5 Å². The fourth-order valence-corrected chi connectivity index (χ4v) is 1.72. The van der Waals surface area contributed by atoms with Crippen LogP contribution in [-0.4, -0.2) is 24.8 Å². The lowest BCUT2D eigenvalue weighted by Gasteiger charge is -2.22. The molecule has 1 rings (SSSR count). The van der Waals surface area contributed by atoms with Gasteiger partial charge in [-0.2, -0.15) is 0 Å². The first kappa shape index (κ1) is 15.8. The van der Waals surface area contributed by atoms with Gasteiger partial charge in [0.2, 0.25) is 0 Å². The Morgan fingerprint density at radius 2 is 1.75 bits per heavy atom. The van der Waals surface area contributed by atoms with E-state index in [1.165, 1.54) is 6.07 Å². The molecule has 0 amide bonds. The minimum Gasteiger partial charge on any atom is -1.00 e. The molecule has 0 unspecified atom stereocenters. The average molecular weight is 288 g/mol. The van der Waals surface area contributed by atoms with E-state index in [2.05, 4.69) is 5.73 Å². The van der Waals surface area contributed by atoms with Gasteiger partial charge < -0.3 is 23.0 Å². The highest BCUT2D eigenvalue weighted by molar-refractivity contribution is 6.18. The van der Waals surface area contributed by atoms with Crippen LogP contribution in [0, 0.1) is 5.82 Å². The molecule has 0 spiro atoms. The number of anilines is 1. The Hall–Kier alpha value is -0.220. The van der Waals surface area contributed by atoms with Crippen molar-refractivity contribution >= 4 is 34.6 Å². The number of benzene rings is 1. The van der Waals surface area contributed by atoms with Crippen LogP contribution in [-0.2, 0) is 0 Å². The van der Waals surface area contributed by atoms with Gasteiger partial charge in [-0.05, 0) is 6.07 Å². The summed E-state index contributed by atoms with van der Waals surface area (Å²) in [7, 11) is 0. The molecule has 0 fully saturated rings. The first-order chi connectivity index (χ1) is 7.19. The standard InChI is InChI=1S/C10H13Cl2FN2.ClH/c11-3-5-15(6-4-12)8-1-2-10(14)9(13)7-8;/h1-2,7H,3-6,14H2;1H. The smallest absolute Gasteiger partial charge is 0.185 e. The van der Waals surface area contributed by atoms with Crippen LogP contribution < -0.4 is 23.0 Å². The lowest BCUT2D eigenvalue weighted by Crippen LogP contribution is -3.00. The van der Waals surface area contributed by atoms with Crippen molar-refractivity contribution < 1.29 is 22.5 Å². The van der Waals surface area contributed by atoms with Crippen molar-refractivity contribution in [1.82, 2.24) is 0 Å². The van der Waals surface area contributed by atoms with E-state index in [1.54, 1.807) is 6.07 Å². The number of rotatable bonds is 5. The highest BCUT2D eigenvalue weighted by atomic mass is 35.5. The Labute approximate surface area is 111 Å². The van der Waals surface area contributed by atoms with E-state index in [4.69, 9.17) is 23.2 Å². The van der Waals surface area contributed by atoms with E-state index in [0.29, 0.717) is 30.5 Å². The highest BCUT2D eigenvalue weighted by Crippen LogP contribution is 2.19. The number of quaternary nitrogens is 1. The summed E-state index contributed by atoms with van der Waals surface area (Å²) in [6, 6.07) is 4.94. The van der Waals surface area contributed by atoms with E-state index >= 15 is 0 Å². The quantitative estimate of drug-likeness (QED) is 0.691. The van der Waals surface area contributed by atoms with E-state index in [9.17, 15) is 4.39 Å². The van der Waals surface area contributed by atoms with Crippen molar-refractivity contribution in [3.63, 3.8) is 0 Å². The molecule has 0 aromatic heterocycles. The fourth-order valence-electron chi connectivity index (χ4n) is 1.31. The minimum absolute atomic E-state index is 0. The van der Waals surface area contributed by atoms with Gasteiger partial charge in [0.05, 0.1) is 0 Å². The molecule has 1 aromatic carbocycles. The van der Waals surface area contributed by atoms with Crippen molar-refractivity contribution in [3.8, 4) is 0 Å². The second kappa shape index (κ2) is 7.96. The normalized spacial score (nSPS) is 9.75. The third-order valence-electron chi connectivity index (χ3n) is 2.11. The van der Waals surface area contributed by atoms with Crippen LogP contribution in [0.1, 0.15) is 0 Å². The summed E-state index contributed by atoms with van der Waals surface area (Å²) in [5.74, 6) is 0.677. The summed E-state index contributed by atoms with van der Waals surface area (Å²) >= 11 is 11.3. The predicted molar refractivity (Wildman–Crippen MR) is 62.6 cm³/mol. The summed E-state index contributed by atoms with van der Waals surface area (Å²) in [5.41, 5.74) is 4.76. The van der Waals surface area contributed by atoms with Crippen molar-refractivity contribution in [2.24, 2.45) is 0 Å². The van der Waals surface area contributed by atoms with E-state index in [1.807, 2.05) is 11.0 Å². The van der Waals surface area contributed by atoms with Gasteiger partial charge in [-0.15, -0.1) is 23.2 Å². The van der Waals surface area contributed by atoms with Crippen LogP contribution in [0.3, 0.4) is 0 Å². The summed E-state index contributed by atoms with van der Waals surface area (Å²) in [5, 5.41) is 0. The van der Waals surface area contributed by atoms with Gasteiger partial charge in [0.1, 0.15) is 0 Å². The zero-order valence-corrected chi connectivity index (χ0v) is 11.0. The average Bonchev–Trinajstić information content (AvgIpc) is 2.22. The molecule has 0 aliphatic heterocycles. The number of hydrogen-bond acceptors (Lipinski definition) is 1. The van der Waals surface area contributed by atoms with E-state index in [0.717, 1.165) is 5.69 Å². The molecule has 0 aliphatic rings. The molecule has 0 saturated carbocycles. The second-order valence-corrected chi connectivity index (χ2v) is 3.90. The van der Waals surface area contributed by atoms with Gasteiger partial charge in [0, 0.05) is 42.7 Å². The minimum atomic E-state index is -0.304. The third kappa shape index (κ3) is 4.34. The zero-order valence-electron chi connectivity index (χ0n) is 8.73. The summed E-state index contributed by atoms with van der Waals surface area (Å²) in [4.78, 5) is 1.95. The molecule has 2 nitrogen and oxygen atoms in total. The Kier molecular flexibility index (Phi) is 7.85. The molecule has 0 aliphatic carbocycles. The van der Waals surface area contributed by atoms with Crippen LogP contribution in [0.4, 0.5) is 15.8 Å². The maximum absolute atomic E-state index is 13.3. The first-order valence-corrected chi connectivity index (χ1v) is 5.74. The molecule has 92 valence electrons. The maximum Gasteiger partial charge on any atom is 0.185 e. The Bertz CT molecular complexity index is 317. The fraction of sp³-hybridized carbons (Fsp3) is 0.400. The van der Waals surface area contributed by atoms with Gasteiger partial charge in [-0.25, -0.2) is 4.39 Å². The molecule has 0 saturated heterocycles. The molecule has 0 atom stereocenters. The summed E-state index contributed by atoms with van der Waals surface area (Å²) in [6.07, 6.45) is 0. The highest BCUT2D eigenvalue weighted by Gasteiger charge is 2.08. The molecule has 0 bridgehead atoms. The first-order valence-electron chi connectivity index (χ1n) is 4.67.